The van der Waals surface area contributed by atoms with Gasteiger partial charge >= 0.3 is 12.0 Å². The van der Waals surface area contributed by atoms with Gasteiger partial charge in [0.2, 0.25) is 5.91 Å². The third-order valence-electron chi connectivity index (χ3n) is 4.94. The molecule has 0 spiro atoms. The maximum Gasteiger partial charge on any atom is 0.338 e. The predicted molar refractivity (Wildman–Crippen MR) is 117 cm³/mol. The Morgan fingerprint density at radius 2 is 1.77 bits per heavy atom. The number of carbonyl (C=O) groups excluding carboxylic acids is 3. The molecule has 31 heavy (non-hydrogen) atoms. The van der Waals surface area contributed by atoms with Gasteiger partial charge in [-0.15, -0.1) is 0 Å². The number of aromatic nitrogens is 1. The number of hydrogen-bond donors (Lipinski definition) is 2. The molecule has 1 aromatic carbocycles. The number of anilines is 2. The third-order valence-corrected chi connectivity index (χ3v) is 4.94. The number of urea groups is 1. The van der Waals surface area contributed by atoms with Gasteiger partial charge in [-0.05, 0) is 50.2 Å². The molecule has 2 aromatic rings. The molecule has 9 nitrogen and oxygen atoms in total. The number of nitrogens with zero attached hydrogens (tertiary/aromatic N) is 3. The molecular formula is C22H27N5O4. The van der Waals surface area contributed by atoms with Crippen LogP contribution in [-0.4, -0.2) is 66.6 Å². The van der Waals surface area contributed by atoms with Gasteiger partial charge in [-0.1, -0.05) is 6.07 Å². The number of nitrogens with one attached hydrogen (secondary N) is 2. The fraction of sp³-hybridized carbons (Fsp3) is 0.364. The topological polar surface area (TPSA) is 104 Å². The largest absolute Gasteiger partial charge is 0.462 e. The van der Waals surface area contributed by atoms with Gasteiger partial charge in [0.05, 0.1) is 12.2 Å². The number of benzene rings is 1. The zero-order valence-corrected chi connectivity index (χ0v) is 17.7. The molecule has 0 aliphatic carbocycles. The van der Waals surface area contributed by atoms with E-state index >= 15 is 0 Å². The molecule has 9 heteroatoms. The molecular weight excluding hydrogens is 398 g/mol. The minimum absolute atomic E-state index is 0.277. The third kappa shape index (κ3) is 5.94. The summed E-state index contributed by atoms with van der Waals surface area (Å²) < 4.78 is 4.94. The Morgan fingerprint density at radius 1 is 1.06 bits per heavy atom. The summed E-state index contributed by atoms with van der Waals surface area (Å²) in [5.41, 5.74) is 0.939. The van der Waals surface area contributed by atoms with Crippen LogP contribution in [0.5, 0.6) is 0 Å². The van der Waals surface area contributed by atoms with E-state index in [1.807, 2.05) is 18.2 Å². The van der Waals surface area contributed by atoms with Crippen molar-refractivity contribution in [1.82, 2.24) is 15.2 Å². The van der Waals surface area contributed by atoms with E-state index in [9.17, 15) is 14.4 Å². The van der Waals surface area contributed by atoms with Crippen LogP contribution in [0.4, 0.5) is 16.3 Å². The molecule has 1 aliphatic heterocycles. The number of esters is 1. The first-order chi connectivity index (χ1) is 15.0. The van der Waals surface area contributed by atoms with E-state index in [2.05, 4.69) is 20.5 Å². The molecule has 0 bridgehead atoms. The predicted octanol–water partition coefficient (Wildman–Crippen LogP) is 2.12. The molecule has 3 amide bonds. The number of carbonyl (C=O) groups is 3. The first kappa shape index (κ1) is 22.1. The molecule has 1 unspecified atom stereocenters. The van der Waals surface area contributed by atoms with Crippen molar-refractivity contribution >= 4 is 29.4 Å². The highest BCUT2D eigenvalue weighted by molar-refractivity contribution is 5.97. The lowest BCUT2D eigenvalue weighted by atomic mass is 10.2. The van der Waals surface area contributed by atoms with Crippen molar-refractivity contribution in [2.45, 2.75) is 19.9 Å². The van der Waals surface area contributed by atoms with Crippen LogP contribution in [0.2, 0.25) is 0 Å². The van der Waals surface area contributed by atoms with E-state index in [4.69, 9.17) is 4.74 Å². The Kier molecular flexibility index (Phi) is 7.42. The zero-order valence-electron chi connectivity index (χ0n) is 17.7. The Hall–Kier alpha value is -3.62. The van der Waals surface area contributed by atoms with Crippen LogP contribution in [-0.2, 0) is 9.53 Å². The smallest absolute Gasteiger partial charge is 0.338 e. The Balaban J connectivity index is 1.46. The molecule has 0 saturated carbocycles. The second-order valence-electron chi connectivity index (χ2n) is 7.12. The summed E-state index contributed by atoms with van der Waals surface area (Å²) in [5, 5.41) is 5.47. The number of rotatable bonds is 6. The standard InChI is InChI=1S/C22H27N5O4/c1-3-31-21(29)17-7-9-18(10-8-17)25-20(28)16(2)24-22(30)27-14-12-26(13-15-27)19-6-4-5-11-23-19/h4-11,16H,3,12-15H2,1-2H3,(H,24,30)(H,25,28). The fourth-order valence-corrected chi connectivity index (χ4v) is 3.18. The van der Waals surface area contributed by atoms with Crippen LogP contribution in [0.15, 0.2) is 48.7 Å². The van der Waals surface area contributed by atoms with Crippen molar-refractivity contribution in [2.24, 2.45) is 0 Å². The normalized spacial score (nSPS) is 14.5. The summed E-state index contributed by atoms with van der Waals surface area (Å²) in [6, 6.07) is 11.2. The molecule has 1 atom stereocenters. The van der Waals surface area contributed by atoms with Gasteiger partial charge in [0.25, 0.3) is 0 Å². The SMILES string of the molecule is CCOC(=O)c1ccc(NC(=O)C(C)NC(=O)N2CCN(c3ccccn3)CC2)cc1. The summed E-state index contributed by atoms with van der Waals surface area (Å²) in [5.74, 6) is 0.137. The minimum Gasteiger partial charge on any atom is -0.462 e. The van der Waals surface area contributed by atoms with Gasteiger partial charge in [0, 0.05) is 38.1 Å². The molecule has 1 aliphatic rings. The molecule has 1 fully saturated rings. The fourth-order valence-electron chi connectivity index (χ4n) is 3.18. The molecule has 1 saturated heterocycles. The number of piperazine rings is 1. The lowest BCUT2D eigenvalue weighted by Gasteiger charge is -2.35. The molecule has 2 heterocycles. The van der Waals surface area contributed by atoms with Crippen molar-refractivity contribution in [3.63, 3.8) is 0 Å². The molecule has 1 aromatic heterocycles. The van der Waals surface area contributed by atoms with E-state index in [0.717, 1.165) is 5.82 Å². The molecule has 0 radical (unpaired) electrons. The Bertz CT molecular complexity index is 896. The minimum atomic E-state index is -0.717. The van der Waals surface area contributed by atoms with Gasteiger partial charge in [-0.2, -0.15) is 0 Å². The van der Waals surface area contributed by atoms with Crippen molar-refractivity contribution in [1.29, 1.82) is 0 Å². The van der Waals surface area contributed by atoms with E-state index in [1.165, 1.54) is 0 Å². The second kappa shape index (κ2) is 10.4. The summed E-state index contributed by atoms with van der Waals surface area (Å²) in [6.45, 7) is 6.12. The molecule has 164 valence electrons. The lowest BCUT2D eigenvalue weighted by Crippen LogP contribution is -2.54. The van der Waals surface area contributed by atoms with Crippen molar-refractivity contribution in [3.8, 4) is 0 Å². The van der Waals surface area contributed by atoms with Crippen LogP contribution in [0.3, 0.4) is 0 Å². The average Bonchev–Trinajstić information content (AvgIpc) is 2.80. The van der Waals surface area contributed by atoms with Crippen LogP contribution >= 0.6 is 0 Å². The quantitative estimate of drug-likeness (QED) is 0.687. The number of ether oxygens (including phenoxy) is 1. The van der Waals surface area contributed by atoms with Gasteiger partial charge in [0.1, 0.15) is 11.9 Å². The summed E-state index contributed by atoms with van der Waals surface area (Å²) in [4.78, 5) is 44.8. The van der Waals surface area contributed by atoms with Crippen LogP contribution < -0.4 is 15.5 Å². The number of pyridine rings is 1. The van der Waals surface area contributed by atoms with Gasteiger partial charge in [-0.25, -0.2) is 14.6 Å². The first-order valence-corrected chi connectivity index (χ1v) is 10.3. The van der Waals surface area contributed by atoms with Gasteiger partial charge in [-0.3, -0.25) is 4.79 Å². The number of amides is 3. The molecule has 3 rings (SSSR count). The van der Waals surface area contributed by atoms with E-state index in [1.54, 1.807) is 49.2 Å². The second-order valence-corrected chi connectivity index (χ2v) is 7.12. The lowest BCUT2D eigenvalue weighted by molar-refractivity contribution is -0.117. The van der Waals surface area contributed by atoms with E-state index in [-0.39, 0.29) is 11.9 Å². The summed E-state index contributed by atoms with van der Waals surface area (Å²) in [6.07, 6.45) is 1.75. The Morgan fingerprint density at radius 3 is 2.39 bits per heavy atom. The maximum atomic E-state index is 12.5. The van der Waals surface area contributed by atoms with Crippen molar-refractivity contribution in [2.75, 3.05) is 43.0 Å². The average molecular weight is 425 g/mol. The highest BCUT2D eigenvalue weighted by Gasteiger charge is 2.24. The monoisotopic (exact) mass is 425 g/mol. The van der Waals surface area contributed by atoms with Crippen LogP contribution in [0, 0.1) is 0 Å². The summed E-state index contributed by atoms with van der Waals surface area (Å²) in [7, 11) is 0. The van der Waals surface area contributed by atoms with Crippen LogP contribution in [0.1, 0.15) is 24.2 Å². The van der Waals surface area contributed by atoms with Gasteiger partial charge in [0.15, 0.2) is 0 Å². The van der Waals surface area contributed by atoms with E-state index in [0.29, 0.717) is 44.0 Å². The van der Waals surface area contributed by atoms with Crippen molar-refractivity contribution in [3.05, 3.63) is 54.2 Å². The highest BCUT2D eigenvalue weighted by atomic mass is 16.5. The Labute approximate surface area is 181 Å². The summed E-state index contributed by atoms with van der Waals surface area (Å²) >= 11 is 0. The maximum absolute atomic E-state index is 12.5. The number of hydrogen-bond acceptors (Lipinski definition) is 6. The highest BCUT2D eigenvalue weighted by Crippen LogP contribution is 2.13. The van der Waals surface area contributed by atoms with Crippen molar-refractivity contribution < 1.29 is 19.1 Å². The molecule has 2 N–H and O–H groups in total. The first-order valence-electron chi connectivity index (χ1n) is 10.3. The van der Waals surface area contributed by atoms with Crippen LogP contribution in [0.25, 0.3) is 0 Å². The zero-order chi connectivity index (χ0) is 22.2. The van der Waals surface area contributed by atoms with Gasteiger partial charge < -0.3 is 25.2 Å². The van der Waals surface area contributed by atoms with E-state index < -0.39 is 12.0 Å².